The maximum absolute atomic E-state index is 5.01. The van der Waals surface area contributed by atoms with Crippen LogP contribution in [0.5, 0.6) is 0 Å². The summed E-state index contributed by atoms with van der Waals surface area (Å²) >= 11 is 0. The molecule has 0 aliphatic carbocycles. The average molecular weight is 290 g/mol. The smallest absolute Gasteiger partial charge is 0.230 e. The van der Waals surface area contributed by atoms with Gasteiger partial charge in [-0.15, -0.1) is 0 Å². The van der Waals surface area contributed by atoms with Crippen LogP contribution >= 0.6 is 0 Å². The van der Waals surface area contributed by atoms with Crippen LogP contribution in [0.15, 0.2) is 16.7 Å². The van der Waals surface area contributed by atoms with Gasteiger partial charge in [0.1, 0.15) is 11.6 Å². The molecule has 0 spiro atoms. The van der Waals surface area contributed by atoms with Gasteiger partial charge in [0.25, 0.3) is 0 Å². The van der Waals surface area contributed by atoms with Gasteiger partial charge in [-0.05, 0) is 40.9 Å². The number of aryl methyl sites for hydroxylation is 2. The van der Waals surface area contributed by atoms with E-state index in [0.29, 0.717) is 11.8 Å². The molecule has 2 rings (SSSR count). The largest absolute Gasteiger partial charge is 0.370 e. The molecule has 2 N–H and O–H groups in total. The number of anilines is 3. The molecule has 0 saturated carbocycles. The van der Waals surface area contributed by atoms with Crippen LogP contribution in [0.2, 0.25) is 0 Å². The number of hydrogen-bond donors (Lipinski definition) is 2. The lowest BCUT2D eigenvalue weighted by molar-refractivity contribution is 0.400. The van der Waals surface area contributed by atoms with Crippen molar-refractivity contribution in [2.45, 2.75) is 20.3 Å². The molecule has 2 heterocycles. The molecule has 0 fully saturated rings. The molecular weight excluding hydrogens is 268 g/mol. The fourth-order valence-electron chi connectivity index (χ4n) is 1.87. The fraction of sp³-hybridized carbons (Fsp3) is 0.500. The van der Waals surface area contributed by atoms with Gasteiger partial charge in [0, 0.05) is 24.4 Å². The van der Waals surface area contributed by atoms with Crippen molar-refractivity contribution in [2.75, 3.05) is 37.8 Å². The van der Waals surface area contributed by atoms with Gasteiger partial charge in [-0.1, -0.05) is 5.16 Å². The van der Waals surface area contributed by atoms with Gasteiger partial charge in [0.05, 0.1) is 0 Å². The van der Waals surface area contributed by atoms with Crippen LogP contribution in [0, 0.1) is 13.8 Å². The van der Waals surface area contributed by atoms with E-state index in [9.17, 15) is 0 Å². The maximum Gasteiger partial charge on any atom is 0.230 e. The van der Waals surface area contributed by atoms with Crippen molar-refractivity contribution < 1.29 is 4.52 Å². The van der Waals surface area contributed by atoms with E-state index in [1.165, 1.54) is 0 Å². The summed E-state index contributed by atoms with van der Waals surface area (Å²) in [6.07, 6.45) is 1.06. The Bertz CT molecular complexity index is 581. The summed E-state index contributed by atoms with van der Waals surface area (Å²) in [6, 6.07) is 3.73. The van der Waals surface area contributed by atoms with Gasteiger partial charge in [-0.25, -0.2) is 4.98 Å². The molecule has 7 nitrogen and oxygen atoms in total. The second kappa shape index (κ2) is 7.03. The lowest BCUT2D eigenvalue weighted by Gasteiger charge is -2.11. The maximum atomic E-state index is 5.01. The zero-order valence-corrected chi connectivity index (χ0v) is 13.0. The third-order valence-corrected chi connectivity index (χ3v) is 2.81. The first-order chi connectivity index (χ1) is 10.0. The Hall–Kier alpha value is -2.15. The Labute approximate surface area is 124 Å². The number of rotatable bonds is 7. The van der Waals surface area contributed by atoms with E-state index in [-0.39, 0.29) is 0 Å². The first-order valence-corrected chi connectivity index (χ1v) is 6.97. The molecule has 0 saturated heterocycles. The average Bonchev–Trinajstić information content (AvgIpc) is 2.79. The number of nitrogens with zero attached hydrogens (tertiary/aromatic N) is 4. The van der Waals surface area contributed by atoms with Crippen molar-refractivity contribution in [3.63, 3.8) is 0 Å². The van der Waals surface area contributed by atoms with Crippen molar-refractivity contribution >= 4 is 17.6 Å². The zero-order chi connectivity index (χ0) is 15.2. The topological polar surface area (TPSA) is 79.1 Å². The molecule has 7 heteroatoms. The molecule has 21 heavy (non-hydrogen) atoms. The fourth-order valence-corrected chi connectivity index (χ4v) is 1.87. The van der Waals surface area contributed by atoms with Crippen LogP contribution in [-0.4, -0.2) is 47.2 Å². The van der Waals surface area contributed by atoms with E-state index in [1.807, 2.05) is 19.9 Å². The summed E-state index contributed by atoms with van der Waals surface area (Å²) in [5.74, 6) is 2.67. The van der Waals surface area contributed by atoms with Crippen LogP contribution in [-0.2, 0) is 0 Å². The lowest BCUT2D eigenvalue weighted by Crippen LogP contribution is -2.16. The van der Waals surface area contributed by atoms with E-state index in [1.54, 1.807) is 6.07 Å². The first-order valence-electron chi connectivity index (χ1n) is 6.97. The molecule has 0 amide bonds. The predicted molar refractivity (Wildman–Crippen MR) is 83.0 cm³/mol. The highest BCUT2D eigenvalue weighted by Gasteiger charge is 2.05. The summed E-state index contributed by atoms with van der Waals surface area (Å²) in [5.41, 5.74) is 0.892. The molecule has 0 radical (unpaired) electrons. The number of aromatic nitrogens is 3. The molecule has 2 aromatic heterocycles. The minimum atomic E-state index is 0.512. The molecule has 0 aliphatic heterocycles. The van der Waals surface area contributed by atoms with Crippen LogP contribution in [0.25, 0.3) is 0 Å². The van der Waals surface area contributed by atoms with Crippen LogP contribution in [0.1, 0.15) is 17.9 Å². The number of hydrogen-bond acceptors (Lipinski definition) is 7. The van der Waals surface area contributed by atoms with Crippen LogP contribution < -0.4 is 10.6 Å². The van der Waals surface area contributed by atoms with Crippen molar-refractivity contribution in [1.29, 1.82) is 0 Å². The molecular formula is C14H22N6O. The minimum absolute atomic E-state index is 0.512. The Balaban J connectivity index is 1.96. The molecule has 2 aromatic rings. The SMILES string of the molecule is Cc1cc(NCCCN(C)C)nc(Nc2cc(C)on2)n1. The Morgan fingerprint density at radius 2 is 1.95 bits per heavy atom. The van der Waals surface area contributed by atoms with Gasteiger partial charge in [-0.3, -0.25) is 0 Å². The van der Waals surface area contributed by atoms with E-state index >= 15 is 0 Å². The van der Waals surface area contributed by atoms with Crippen molar-refractivity contribution in [3.05, 3.63) is 23.6 Å². The zero-order valence-electron chi connectivity index (χ0n) is 13.0. The summed E-state index contributed by atoms with van der Waals surface area (Å²) < 4.78 is 5.01. The van der Waals surface area contributed by atoms with E-state index in [4.69, 9.17) is 4.52 Å². The second-order valence-corrected chi connectivity index (χ2v) is 5.25. The highest BCUT2D eigenvalue weighted by atomic mass is 16.5. The minimum Gasteiger partial charge on any atom is -0.370 e. The summed E-state index contributed by atoms with van der Waals surface area (Å²) in [4.78, 5) is 10.9. The first kappa shape index (κ1) is 15.2. The molecule has 0 bridgehead atoms. The van der Waals surface area contributed by atoms with Crippen molar-refractivity contribution in [1.82, 2.24) is 20.0 Å². The standard InChI is InChI=1S/C14H22N6O/c1-10-8-12(15-6-5-7-20(3)4)17-14(16-10)18-13-9-11(2)21-19-13/h8-9H,5-7H2,1-4H3,(H2,15,16,17,18,19). The quantitative estimate of drug-likeness (QED) is 0.757. The molecule has 0 atom stereocenters. The van der Waals surface area contributed by atoms with E-state index in [2.05, 4.69) is 44.8 Å². The van der Waals surface area contributed by atoms with Gasteiger partial charge >= 0.3 is 0 Å². The highest BCUT2D eigenvalue weighted by molar-refractivity contribution is 5.50. The highest BCUT2D eigenvalue weighted by Crippen LogP contribution is 2.15. The second-order valence-electron chi connectivity index (χ2n) is 5.25. The normalized spacial score (nSPS) is 10.9. The van der Waals surface area contributed by atoms with Crippen molar-refractivity contribution in [3.8, 4) is 0 Å². The van der Waals surface area contributed by atoms with E-state index < -0.39 is 0 Å². The monoisotopic (exact) mass is 290 g/mol. The van der Waals surface area contributed by atoms with Gasteiger partial charge in [0.2, 0.25) is 5.95 Å². The molecule has 0 aromatic carbocycles. The number of nitrogens with one attached hydrogen (secondary N) is 2. The third kappa shape index (κ3) is 5.03. The summed E-state index contributed by atoms with van der Waals surface area (Å²) in [6.45, 7) is 5.69. The Morgan fingerprint density at radius 1 is 1.14 bits per heavy atom. The van der Waals surface area contributed by atoms with Gasteiger partial charge in [-0.2, -0.15) is 4.98 Å². The van der Waals surface area contributed by atoms with Crippen LogP contribution in [0.4, 0.5) is 17.6 Å². The Kier molecular flexibility index (Phi) is 5.10. The van der Waals surface area contributed by atoms with E-state index in [0.717, 1.165) is 36.8 Å². The summed E-state index contributed by atoms with van der Waals surface area (Å²) in [5, 5.41) is 10.2. The van der Waals surface area contributed by atoms with Gasteiger partial charge in [0.15, 0.2) is 5.82 Å². The van der Waals surface area contributed by atoms with Crippen molar-refractivity contribution in [2.24, 2.45) is 0 Å². The van der Waals surface area contributed by atoms with Crippen LogP contribution in [0.3, 0.4) is 0 Å². The lowest BCUT2D eigenvalue weighted by atomic mass is 10.4. The third-order valence-electron chi connectivity index (χ3n) is 2.81. The molecule has 0 aliphatic rings. The Morgan fingerprint density at radius 3 is 2.62 bits per heavy atom. The van der Waals surface area contributed by atoms with Gasteiger partial charge < -0.3 is 20.1 Å². The molecule has 0 unspecified atom stereocenters. The summed E-state index contributed by atoms with van der Waals surface area (Å²) in [7, 11) is 4.13. The predicted octanol–water partition coefficient (Wildman–Crippen LogP) is 2.19. The molecule has 114 valence electrons.